The lowest BCUT2D eigenvalue weighted by atomic mass is 10.1. The maximum absolute atomic E-state index is 11.2. The minimum absolute atomic E-state index is 0.302. The first-order valence-corrected chi connectivity index (χ1v) is 6.83. The molecule has 1 unspecified atom stereocenters. The molecule has 1 atom stereocenters. The summed E-state index contributed by atoms with van der Waals surface area (Å²) in [7, 11) is 0. The van der Waals surface area contributed by atoms with Crippen LogP contribution >= 0.6 is 0 Å². The highest BCUT2D eigenvalue weighted by Crippen LogP contribution is 2.32. The summed E-state index contributed by atoms with van der Waals surface area (Å²) in [5.41, 5.74) is 2.24. The van der Waals surface area contributed by atoms with Gasteiger partial charge in [0.1, 0.15) is 6.04 Å². The van der Waals surface area contributed by atoms with Gasteiger partial charge in [-0.05, 0) is 36.8 Å². The van der Waals surface area contributed by atoms with Gasteiger partial charge >= 0.3 is 5.97 Å². The van der Waals surface area contributed by atoms with Crippen molar-refractivity contribution in [3.63, 3.8) is 0 Å². The molecule has 0 saturated heterocycles. The Hall–Kier alpha value is -1.39. The Labute approximate surface area is 113 Å². The number of carboxylic acid groups (broad SMARTS) is 1. The highest BCUT2D eigenvalue weighted by molar-refractivity contribution is 5.74. The molecule has 1 aliphatic carbocycles. The number of ether oxygens (including phenoxy) is 1. The summed E-state index contributed by atoms with van der Waals surface area (Å²) in [6.07, 6.45) is 2.04. The molecule has 104 valence electrons. The van der Waals surface area contributed by atoms with Gasteiger partial charge in [0.25, 0.3) is 0 Å². The van der Waals surface area contributed by atoms with Gasteiger partial charge in [0.15, 0.2) is 0 Å². The second-order valence-electron chi connectivity index (χ2n) is 4.94. The molecule has 19 heavy (non-hydrogen) atoms. The zero-order chi connectivity index (χ0) is 13.7. The van der Waals surface area contributed by atoms with E-state index in [1.165, 1.54) is 0 Å². The van der Waals surface area contributed by atoms with Crippen molar-refractivity contribution < 1.29 is 14.6 Å². The number of nitrogens with one attached hydrogen (secondary N) is 1. The Kier molecular flexibility index (Phi) is 4.93. The molecule has 1 fully saturated rings. The van der Waals surface area contributed by atoms with E-state index in [-0.39, 0.29) is 0 Å². The minimum atomic E-state index is -0.746. The second-order valence-corrected chi connectivity index (χ2v) is 4.94. The monoisotopic (exact) mass is 263 g/mol. The number of carboxylic acids is 1. The van der Waals surface area contributed by atoms with Gasteiger partial charge in [0.2, 0.25) is 0 Å². The van der Waals surface area contributed by atoms with Crippen LogP contribution in [0.3, 0.4) is 0 Å². The largest absolute Gasteiger partial charge is 0.480 e. The lowest BCUT2D eigenvalue weighted by molar-refractivity contribution is -0.140. The predicted molar refractivity (Wildman–Crippen MR) is 72.8 cm³/mol. The molecule has 2 rings (SSSR count). The molecule has 0 aliphatic heterocycles. The van der Waals surface area contributed by atoms with Crippen LogP contribution in [-0.4, -0.2) is 23.7 Å². The van der Waals surface area contributed by atoms with Crippen molar-refractivity contribution in [3.05, 3.63) is 35.4 Å². The summed E-state index contributed by atoms with van der Waals surface area (Å²) < 4.78 is 5.43. The van der Waals surface area contributed by atoms with E-state index in [4.69, 9.17) is 4.74 Å². The van der Waals surface area contributed by atoms with Crippen LogP contribution in [0.5, 0.6) is 0 Å². The van der Waals surface area contributed by atoms with E-state index >= 15 is 0 Å². The quantitative estimate of drug-likeness (QED) is 0.754. The Balaban J connectivity index is 1.95. The van der Waals surface area contributed by atoms with E-state index in [2.05, 4.69) is 5.32 Å². The Morgan fingerprint density at radius 3 is 2.68 bits per heavy atom. The van der Waals surface area contributed by atoms with E-state index in [1.54, 1.807) is 0 Å². The molecule has 0 amide bonds. The number of rotatable bonds is 8. The van der Waals surface area contributed by atoms with Crippen molar-refractivity contribution in [2.45, 2.75) is 39.0 Å². The molecule has 0 aromatic heterocycles. The fourth-order valence-electron chi connectivity index (χ4n) is 2.19. The molecule has 1 aliphatic rings. The van der Waals surface area contributed by atoms with E-state index in [0.717, 1.165) is 24.0 Å². The summed E-state index contributed by atoms with van der Waals surface area (Å²) in [5, 5.41) is 12.3. The van der Waals surface area contributed by atoms with Gasteiger partial charge < -0.3 is 15.2 Å². The molecule has 1 saturated carbocycles. The van der Waals surface area contributed by atoms with E-state index in [1.807, 2.05) is 31.2 Å². The molecule has 0 spiro atoms. The third-order valence-corrected chi connectivity index (χ3v) is 3.45. The lowest BCUT2D eigenvalue weighted by Gasteiger charge is -2.15. The molecule has 0 bridgehead atoms. The first kappa shape index (κ1) is 14.0. The molecule has 2 N–H and O–H groups in total. The number of hydrogen-bond acceptors (Lipinski definition) is 3. The van der Waals surface area contributed by atoms with Crippen molar-refractivity contribution >= 4 is 5.97 Å². The number of carbonyl (C=O) groups is 1. The van der Waals surface area contributed by atoms with Gasteiger partial charge in [0.05, 0.1) is 6.61 Å². The van der Waals surface area contributed by atoms with Crippen LogP contribution in [0.2, 0.25) is 0 Å². The van der Waals surface area contributed by atoms with Gasteiger partial charge in [-0.15, -0.1) is 0 Å². The highest BCUT2D eigenvalue weighted by atomic mass is 16.5. The van der Waals surface area contributed by atoms with E-state index in [9.17, 15) is 9.90 Å². The molecule has 0 radical (unpaired) electrons. The van der Waals surface area contributed by atoms with Gasteiger partial charge in [-0.2, -0.15) is 0 Å². The van der Waals surface area contributed by atoms with Crippen LogP contribution in [0.1, 0.15) is 30.9 Å². The van der Waals surface area contributed by atoms with Crippen LogP contribution in [0.15, 0.2) is 24.3 Å². The summed E-state index contributed by atoms with van der Waals surface area (Å²) >= 11 is 0. The Morgan fingerprint density at radius 1 is 1.42 bits per heavy atom. The van der Waals surface area contributed by atoms with Crippen molar-refractivity contribution in [2.75, 3.05) is 6.61 Å². The molecule has 4 nitrogen and oxygen atoms in total. The van der Waals surface area contributed by atoms with Gasteiger partial charge in [-0.25, -0.2) is 0 Å². The fourth-order valence-corrected chi connectivity index (χ4v) is 2.19. The van der Waals surface area contributed by atoms with Crippen molar-refractivity contribution in [1.82, 2.24) is 5.32 Å². The molecule has 1 aromatic carbocycles. The fraction of sp³-hybridized carbons (Fsp3) is 0.533. The first-order valence-electron chi connectivity index (χ1n) is 6.83. The Bertz CT molecular complexity index is 429. The molecule has 1 aromatic rings. The third kappa shape index (κ3) is 4.04. The predicted octanol–water partition coefficient (Wildman–Crippen LogP) is 2.18. The second kappa shape index (κ2) is 6.68. The molecule has 4 heteroatoms. The van der Waals surface area contributed by atoms with Crippen LogP contribution < -0.4 is 5.32 Å². The van der Waals surface area contributed by atoms with Crippen molar-refractivity contribution in [3.8, 4) is 0 Å². The van der Waals surface area contributed by atoms with E-state index < -0.39 is 12.0 Å². The molecule has 0 heterocycles. The number of aliphatic carboxylic acids is 1. The van der Waals surface area contributed by atoms with Crippen molar-refractivity contribution in [2.24, 2.45) is 5.92 Å². The van der Waals surface area contributed by atoms with Gasteiger partial charge in [-0.3, -0.25) is 4.79 Å². The third-order valence-electron chi connectivity index (χ3n) is 3.45. The summed E-state index contributed by atoms with van der Waals surface area (Å²) in [6.45, 7) is 3.81. The lowest BCUT2D eigenvalue weighted by Crippen LogP contribution is -2.38. The van der Waals surface area contributed by atoms with Crippen LogP contribution in [0, 0.1) is 5.92 Å². The van der Waals surface area contributed by atoms with E-state index in [0.29, 0.717) is 25.7 Å². The first-order chi connectivity index (χ1) is 9.22. The van der Waals surface area contributed by atoms with Crippen molar-refractivity contribution in [1.29, 1.82) is 0 Å². The van der Waals surface area contributed by atoms with Crippen LogP contribution in [0.25, 0.3) is 0 Å². The van der Waals surface area contributed by atoms with Gasteiger partial charge in [-0.1, -0.05) is 24.3 Å². The maximum atomic E-state index is 11.2. The minimum Gasteiger partial charge on any atom is -0.480 e. The zero-order valence-electron chi connectivity index (χ0n) is 11.3. The summed E-state index contributed by atoms with van der Waals surface area (Å²) in [6, 6.07) is 7.58. The van der Waals surface area contributed by atoms with Crippen LogP contribution in [0.4, 0.5) is 0 Å². The summed E-state index contributed by atoms with van der Waals surface area (Å²) in [4.78, 5) is 11.2. The smallest absolute Gasteiger partial charge is 0.320 e. The Morgan fingerprint density at radius 2 is 2.11 bits per heavy atom. The number of hydrogen-bond donors (Lipinski definition) is 2. The summed E-state index contributed by atoms with van der Waals surface area (Å²) in [5.74, 6) is -0.443. The molecular weight excluding hydrogens is 242 g/mol. The molecular formula is C15H21NO3. The maximum Gasteiger partial charge on any atom is 0.320 e. The van der Waals surface area contributed by atoms with Gasteiger partial charge in [0, 0.05) is 13.2 Å². The average Bonchev–Trinajstić information content (AvgIpc) is 3.22. The normalized spacial score (nSPS) is 16.3. The average molecular weight is 263 g/mol. The number of benzene rings is 1. The SMILES string of the molecule is CCOCc1ccccc1CNC(C(=O)O)C1CC1. The highest BCUT2D eigenvalue weighted by Gasteiger charge is 2.35. The van der Waals surface area contributed by atoms with Crippen LogP contribution in [-0.2, 0) is 22.7 Å². The topological polar surface area (TPSA) is 58.6 Å². The standard InChI is InChI=1S/C15H21NO3/c1-2-19-10-13-6-4-3-5-12(13)9-16-14(15(17)18)11-7-8-11/h3-6,11,14,16H,2,7-10H2,1H3,(H,17,18). The zero-order valence-corrected chi connectivity index (χ0v) is 11.3.